The quantitative estimate of drug-likeness (QED) is 0.739. The summed E-state index contributed by atoms with van der Waals surface area (Å²) in [6.45, 7) is 8.84. The Labute approximate surface area is 199 Å². The molecule has 9 heteroatoms. The van der Waals surface area contributed by atoms with Crippen LogP contribution < -0.4 is 5.32 Å². The molecule has 2 aromatic rings. The van der Waals surface area contributed by atoms with Crippen molar-refractivity contribution in [2.24, 2.45) is 0 Å². The van der Waals surface area contributed by atoms with Crippen LogP contribution in [-0.4, -0.2) is 82.9 Å². The van der Waals surface area contributed by atoms with Gasteiger partial charge in [-0.05, 0) is 51.5 Å². The van der Waals surface area contributed by atoms with Crippen molar-refractivity contribution in [1.29, 1.82) is 0 Å². The average Bonchev–Trinajstić information content (AvgIpc) is 3.41. The van der Waals surface area contributed by atoms with E-state index >= 15 is 0 Å². The molecule has 2 aromatic heterocycles. The number of nitrogens with zero attached hydrogens (tertiary/aromatic N) is 4. The second kappa shape index (κ2) is 9.72. The Balaban J connectivity index is 1.17. The zero-order valence-electron chi connectivity index (χ0n) is 19.7. The summed E-state index contributed by atoms with van der Waals surface area (Å²) in [5.74, 6) is 0.227. The van der Waals surface area contributed by atoms with E-state index in [1.54, 1.807) is 18.3 Å². The molecule has 2 aliphatic heterocycles. The number of aryl methyl sites for hydroxylation is 1. The van der Waals surface area contributed by atoms with Gasteiger partial charge in [-0.3, -0.25) is 19.2 Å². The van der Waals surface area contributed by atoms with Gasteiger partial charge in [0.2, 0.25) is 5.91 Å². The second-order valence-electron chi connectivity index (χ2n) is 9.72. The lowest BCUT2D eigenvalue weighted by atomic mass is 9.89. The second-order valence-corrected chi connectivity index (χ2v) is 10.8. The van der Waals surface area contributed by atoms with Crippen LogP contribution in [0.5, 0.6) is 0 Å². The normalized spacial score (nSPS) is 25.5. The average molecular weight is 474 g/mol. The molecule has 3 aliphatic rings. The predicted molar refractivity (Wildman–Crippen MR) is 129 cm³/mol. The number of piperazine rings is 1. The molecular weight excluding hydrogens is 438 g/mol. The van der Waals surface area contributed by atoms with Crippen molar-refractivity contribution >= 4 is 33.4 Å². The maximum Gasteiger partial charge on any atom is 0.261 e. The van der Waals surface area contributed by atoms with Gasteiger partial charge >= 0.3 is 0 Å². The number of rotatable bonds is 4. The summed E-state index contributed by atoms with van der Waals surface area (Å²) in [5, 5.41) is 9.17. The molecular formula is C24H35N5O3S. The monoisotopic (exact) mass is 473 g/mol. The fraction of sp³-hybridized carbons (Fsp3) is 0.708. The van der Waals surface area contributed by atoms with Gasteiger partial charge in [0.15, 0.2) is 0 Å². The van der Waals surface area contributed by atoms with Gasteiger partial charge in [0.1, 0.15) is 4.83 Å². The third-order valence-corrected chi connectivity index (χ3v) is 8.76. The highest BCUT2D eigenvalue weighted by Crippen LogP contribution is 2.33. The van der Waals surface area contributed by atoms with Gasteiger partial charge in [-0.25, -0.2) is 0 Å². The van der Waals surface area contributed by atoms with Crippen LogP contribution >= 0.6 is 11.3 Å². The molecule has 2 amide bonds. The first-order chi connectivity index (χ1) is 16.0. The summed E-state index contributed by atoms with van der Waals surface area (Å²) in [5.41, 5.74) is 0.997. The largest absolute Gasteiger partial charge is 0.381 e. The predicted octanol–water partition coefficient (Wildman–Crippen LogP) is 2.96. The highest BCUT2D eigenvalue weighted by molar-refractivity contribution is 7.20. The van der Waals surface area contributed by atoms with Gasteiger partial charge in [-0.1, -0.05) is 0 Å². The molecule has 1 saturated carbocycles. The Bertz CT molecular complexity index is 995. The number of amides is 2. The van der Waals surface area contributed by atoms with Crippen LogP contribution in [0.2, 0.25) is 0 Å². The summed E-state index contributed by atoms with van der Waals surface area (Å²) < 4.78 is 7.64. The van der Waals surface area contributed by atoms with Gasteiger partial charge in [-0.2, -0.15) is 5.10 Å². The van der Waals surface area contributed by atoms with E-state index in [1.165, 1.54) is 0 Å². The van der Waals surface area contributed by atoms with Crippen molar-refractivity contribution < 1.29 is 14.3 Å². The van der Waals surface area contributed by atoms with E-state index in [-0.39, 0.29) is 17.9 Å². The first-order valence-electron chi connectivity index (χ1n) is 12.4. The van der Waals surface area contributed by atoms with Crippen LogP contribution in [0, 0.1) is 6.92 Å². The van der Waals surface area contributed by atoms with Crippen molar-refractivity contribution in [3.63, 3.8) is 0 Å². The molecule has 180 valence electrons. The molecule has 8 nitrogen and oxygen atoms in total. The Kier molecular flexibility index (Phi) is 6.72. The topological polar surface area (TPSA) is 79.7 Å². The van der Waals surface area contributed by atoms with Crippen LogP contribution in [0.3, 0.4) is 0 Å². The van der Waals surface area contributed by atoms with Crippen LogP contribution in [0.15, 0.2) is 6.07 Å². The van der Waals surface area contributed by atoms with Crippen molar-refractivity contribution in [3.05, 3.63) is 16.6 Å². The third kappa shape index (κ3) is 4.81. The molecule has 4 heterocycles. The summed E-state index contributed by atoms with van der Waals surface area (Å²) >= 11 is 1.57. The highest BCUT2D eigenvalue weighted by atomic mass is 32.1. The highest BCUT2D eigenvalue weighted by Gasteiger charge is 2.30. The first kappa shape index (κ1) is 22.8. The van der Waals surface area contributed by atoms with Gasteiger partial charge in [-0.15, -0.1) is 11.3 Å². The summed E-state index contributed by atoms with van der Waals surface area (Å²) in [6, 6.07) is 3.19. The van der Waals surface area contributed by atoms with Crippen LogP contribution in [0.4, 0.5) is 0 Å². The molecule has 1 N–H and O–H groups in total. The van der Waals surface area contributed by atoms with Crippen molar-refractivity contribution in [2.75, 3.05) is 39.4 Å². The van der Waals surface area contributed by atoms with E-state index in [1.807, 2.05) is 17.9 Å². The van der Waals surface area contributed by atoms with E-state index in [4.69, 9.17) is 9.84 Å². The van der Waals surface area contributed by atoms with Gasteiger partial charge in [0.25, 0.3) is 5.91 Å². The number of hydrogen-bond donors (Lipinski definition) is 1. The van der Waals surface area contributed by atoms with Gasteiger partial charge < -0.3 is 15.0 Å². The molecule has 3 fully saturated rings. The molecule has 0 bridgehead atoms. The van der Waals surface area contributed by atoms with E-state index in [9.17, 15) is 9.59 Å². The third-order valence-electron chi connectivity index (χ3n) is 7.64. The Morgan fingerprint density at radius 1 is 1.03 bits per heavy atom. The number of hydrogen-bond acceptors (Lipinski definition) is 6. The summed E-state index contributed by atoms with van der Waals surface area (Å²) in [6.07, 6.45) is 6.20. The van der Waals surface area contributed by atoms with Crippen molar-refractivity contribution in [3.8, 4) is 0 Å². The van der Waals surface area contributed by atoms with Crippen molar-refractivity contribution in [1.82, 2.24) is 24.9 Å². The lowest BCUT2D eigenvalue weighted by molar-refractivity contribution is -0.131. The molecule has 0 atom stereocenters. The Morgan fingerprint density at radius 3 is 2.39 bits per heavy atom. The molecule has 0 spiro atoms. The maximum atomic E-state index is 13.1. The molecule has 1 aliphatic carbocycles. The lowest BCUT2D eigenvalue weighted by Crippen LogP contribution is -2.53. The lowest BCUT2D eigenvalue weighted by Gasteiger charge is -2.41. The smallest absolute Gasteiger partial charge is 0.261 e. The molecule has 5 rings (SSSR count). The number of fused-ring (bicyclic) bond motifs is 1. The van der Waals surface area contributed by atoms with Gasteiger partial charge in [0.05, 0.1) is 16.6 Å². The fourth-order valence-electron chi connectivity index (χ4n) is 5.60. The molecule has 0 aromatic carbocycles. The first-order valence-corrected chi connectivity index (χ1v) is 13.2. The van der Waals surface area contributed by atoms with E-state index < -0.39 is 0 Å². The summed E-state index contributed by atoms with van der Waals surface area (Å²) in [7, 11) is 0. The standard InChI is InChI=1S/C24H35N5O3S/c1-16-21-15-22(33-24(21)29(26-16)20-7-13-32-14-8-20)23(31)25-18-3-5-19(6-4-18)28-11-9-27(10-12-28)17(2)30/h15,18-20H,3-14H2,1-2H3,(H,25,31)/t18-,19+. The number of nitrogens with one attached hydrogen (secondary N) is 1. The minimum atomic E-state index is 0.0488. The SMILES string of the molecule is CC(=O)N1CCN([C@H]2CC[C@@H](NC(=O)c3cc4c(C)nn(C5CCOCC5)c4s3)CC2)CC1. The molecule has 2 saturated heterocycles. The number of ether oxygens (including phenoxy) is 1. The minimum absolute atomic E-state index is 0.0488. The Morgan fingerprint density at radius 2 is 1.73 bits per heavy atom. The number of carbonyl (C=O) groups is 2. The van der Waals surface area contributed by atoms with Crippen molar-refractivity contribution in [2.45, 2.75) is 70.5 Å². The number of aromatic nitrogens is 2. The van der Waals surface area contributed by atoms with Crippen LogP contribution in [0.1, 0.15) is 66.9 Å². The van der Waals surface area contributed by atoms with Crippen LogP contribution in [0.25, 0.3) is 10.2 Å². The maximum absolute atomic E-state index is 13.1. The number of carbonyl (C=O) groups excluding carboxylic acids is 2. The van der Waals surface area contributed by atoms with E-state index in [2.05, 4.69) is 14.9 Å². The zero-order valence-corrected chi connectivity index (χ0v) is 20.5. The number of thiophene rings is 1. The summed E-state index contributed by atoms with van der Waals surface area (Å²) in [4.78, 5) is 31.0. The van der Waals surface area contributed by atoms with E-state index in [0.717, 1.165) is 98.7 Å². The molecule has 0 unspecified atom stereocenters. The minimum Gasteiger partial charge on any atom is -0.381 e. The van der Waals surface area contributed by atoms with E-state index in [0.29, 0.717) is 12.1 Å². The zero-order chi connectivity index (χ0) is 22.9. The van der Waals surface area contributed by atoms with Crippen LogP contribution in [-0.2, 0) is 9.53 Å². The Hall–Kier alpha value is -1.97. The molecule has 0 radical (unpaired) electrons. The fourth-order valence-corrected chi connectivity index (χ4v) is 6.74. The molecule has 33 heavy (non-hydrogen) atoms. The van der Waals surface area contributed by atoms with Gasteiger partial charge in [0, 0.05) is 63.8 Å².